The van der Waals surface area contributed by atoms with Crippen molar-refractivity contribution < 1.29 is 6.11 Å². The highest BCUT2D eigenvalue weighted by Crippen LogP contribution is 2.34. The Kier molecular flexibility index (Phi) is 3.82. The van der Waals surface area contributed by atoms with Gasteiger partial charge in [0.05, 0.1) is 40.7 Å². The highest BCUT2D eigenvalue weighted by atomic mass is 16.5. The van der Waals surface area contributed by atoms with Crippen LogP contribution < -0.4 is 16.0 Å². The van der Waals surface area contributed by atoms with Gasteiger partial charge in [-0.1, -0.05) is 6.08 Å². The predicted octanol–water partition coefficient (Wildman–Crippen LogP) is 2.54. The average Bonchev–Trinajstić information content (AvgIpc) is 3.50. The summed E-state index contributed by atoms with van der Waals surface area (Å²) in [5, 5.41) is 5.39. The molecule has 2 N–H and O–H groups in total. The summed E-state index contributed by atoms with van der Waals surface area (Å²) < 4.78 is 14.8. The van der Waals surface area contributed by atoms with Crippen molar-refractivity contribution >= 4 is 23.6 Å². The Morgan fingerprint density at radius 3 is 2.48 bits per heavy atom. The predicted molar refractivity (Wildman–Crippen MR) is 118 cm³/mol. The van der Waals surface area contributed by atoms with Gasteiger partial charge in [0.25, 0.3) is 0 Å². The molecule has 0 spiro atoms. The Balaban J connectivity index is 1.72. The molecular weight excluding hydrogens is 360 g/mol. The van der Waals surface area contributed by atoms with Crippen molar-refractivity contribution in [3.63, 3.8) is 0 Å². The fraction of sp³-hybridized carbons (Fsp3) is 0.167. The van der Waals surface area contributed by atoms with E-state index in [1.807, 2.05) is 67.7 Å². The highest BCUT2D eigenvalue weighted by molar-refractivity contribution is 6.20. The van der Waals surface area contributed by atoms with Crippen LogP contribution in [0.15, 0.2) is 94.1 Å². The number of hydrogen-bond donors (Lipinski definition) is 2. The van der Waals surface area contributed by atoms with Crippen LogP contribution in [0.4, 0.5) is 0 Å². The molecule has 5 nitrogen and oxygen atoms in total. The Morgan fingerprint density at radius 2 is 1.79 bits per heavy atom. The molecule has 4 aliphatic heterocycles. The van der Waals surface area contributed by atoms with Crippen LogP contribution in [-0.4, -0.2) is 28.6 Å². The van der Waals surface area contributed by atoms with Gasteiger partial charge in [-0.2, -0.15) is 0 Å². The number of fused-ring (bicyclic) bond motifs is 6. The van der Waals surface area contributed by atoms with Crippen molar-refractivity contribution in [2.24, 2.45) is 9.98 Å². The fourth-order valence-corrected chi connectivity index (χ4v) is 3.67. The van der Waals surface area contributed by atoms with Crippen LogP contribution in [0.2, 0.25) is 0 Å². The zero-order chi connectivity index (χ0) is 20.7. The van der Waals surface area contributed by atoms with Gasteiger partial charge in [0.1, 0.15) is 5.76 Å². The molecule has 1 aromatic rings. The van der Waals surface area contributed by atoms with Crippen molar-refractivity contribution in [3.05, 3.63) is 94.8 Å². The minimum atomic E-state index is -0.826. The molecule has 5 rings (SSSR count). The quantitative estimate of drug-likeness (QED) is 0.788. The molecule has 144 valence electrons. The summed E-state index contributed by atoms with van der Waals surface area (Å²) in [7, 11) is 0. The van der Waals surface area contributed by atoms with Crippen LogP contribution in [0.25, 0.3) is 12.2 Å². The van der Waals surface area contributed by atoms with E-state index >= 15 is 0 Å². The molecule has 0 amide bonds. The number of aromatic nitrogens is 1. The van der Waals surface area contributed by atoms with Crippen molar-refractivity contribution in [2.45, 2.75) is 18.9 Å². The molecule has 4 aliphatic rings. The summed E-state index contributed by atoms with van der Waals surface area (Å²) in [6.45, 7) is 6.41. The van der Waals surface area contributed by atoms with Crippen molar-refractivity contribution in [1.29, 1.82) is 0 Å². The monoisotopic (exact) mass is 383 g/mol. The van der Waals surface area contributed by atoms with E-state index < -0.39 is 11.9 Å². The van der Waals surface area contributed by atoms with Crippen LogP contribution in [0.1, 0.15) is 14.7 Å². The van der Waals surface area contributed by atoms with E-state index in [0.717, 1.165) is 39.2 Å². The molecule has 0 aliphatic carbocycles. The van der Waals surface area contributed by atoms with Gasteiger partial charge < -0.3 is 15.0 Å². The smallest absolute Gasteiger partial charge is 0.122 e. The maximum absolute atomic E-state index is 8.89. The molecule has 5 heteroatoms. The number of nitrogens with zero attached hydrogens (tertiary/aromatic N) is 2. The average molecular weight is 383 g/mol. The minimum Gasteiger partial charge on any atom is -0.496 e. The molecule has 0 aromatic carbocycles. The van der Waals surface area contributed by atoms with Crippen LogP contribution >= 0.6 is 0 Å². The number of rotatable bonds is 3. The minimum absolute atomic E-state index is 0.479. The van der Waals surface area contributed by atoms with E-state index in [0.29, 0.717) is 12.4 Å². The van der Waals surface area contributed by atoms with Gasteiger partial charge in [-0.3, -0.25) is 0 Å². The number of ether oxygens (including phenoxy) is 1. The molecule has 2 atom stereocenters. The maximum atomic E-state index is 8.89. The number of nitrogens with one attached hydrogen (secondary N) is 2. The van der Waals surface area contributed by atoms with Gasteiger partial charge in [0.15, 0.2) is 0 Å². The molecule has 0 saturated carbocycles. The first-order valence-electron chi connectivity index (χ1n) is 10.2. The molecule has 1 aromatic heterocycles. The lowest BCUT2D eigenvalue weighted by atomic mass is 9.96. The van der Waals surface area contributed by atoms with Gasteiger partial charge in [0.2, 0.25) is 0 Å². The van der Waals surface area contributed by atoms with Crippen LogP contribution in [-0.2, 0) is 4.74 Å². The third-order valence-corrected chi connectivity index (χ3v) is 5.01. The Labute approximate surface area is 170 Å². The van der Waals surface area contributed by atoms with Crippen molar-refractivity contribution in [1.82, 2.24) is 10.3 Å². The standard InChI is InChI=1S/C24H22N4O/c1-3-24-14-21-10-9-19(27-21)12-17-6-5-16(25-17)11-18-7-8-20(26-18)13-22(28-24)23(15-24)29-4-2/h3,5-14,25,28H,1,4,15H2,2H3/b16-11-,17-12-,20-13-,21-14-/i15D. The molecule has 2 unspecified atom stereocenters. The lowest BCUT2D eigenvalue weighted by Gasteiger charge is -2.23. The van der Waals surface area contributed by atoms with E-state index in [9.17, 15) is 0 Å². The summed E-state index contributed by atoms with van der Waals surface area (Å²) in [5.74, 6) is 0.582. The van der Waals surface area contributed by atoms with Crippen molar-refractivity contribution in [2.75, 3.05) is 6.61 Å². The lowest BCUT2D eigenvalue weighted by Crippen LogP contribution is -2.36. The fourth-order valence-electron chi connectivity index (χ4n) is 3.67. The first kappa shape index (κ1) is 16.4. The SMILES string of the molecule is [2H]C1C(OCC)=C2/C=C3/C=CC(=N3)/C=c3/cc/c([nH]3)=C/C3=NC(=C\C1(C=C)N2)/C=C3. The number of allylic oxidation sites excluding steroid dienone is 5. The maximum Gasteiger partial charge on any atom is 0.122 e. The Bertz CT molecular complexity index is 1270. The molecule has 0 saturated heterocycles. The highest BCUT2D eigenvalue weighted by Gasteiger charge is 2.35. The molecule has 5 heterocycles. The van der Waals surface area contributed by atoms with E-state index in [2.05, 4.69) is 21.9 Å². The van der Waals surface area contributed by atoms with E-state index in [1.54, 1.807) is 6.08 Å². The van der Waals surface area contributed by atoms with Gasteiger partial charge in [0, 0.05) is 18.5 Å². The second-order valence-corrected chi connectivity index (χ2v) is 7.15. The summed E-state index contributed by atoms with van der Waals surface area (Å²) in [6, 6.07) is 4.04. The zero-order valence-electron chi connectivity index (χ0n) is 17.1. The van der Waals surface area contributed by atoms with Gasteiger partial charge in [-0.25, -0.2) is 9.98 Å². The van der Waals surface area contributed by atoms with E-state index in [-0.39, 0.29) is 0 Å². The van der Waals surface area contributed by atoms with E-state index in [1.165, 1.54) is 0 Å². The molecule has 0 fully saturated rings. The second-order valence-electron chi connectivity index (χ2n) is 7.15. The van der Waals surface area contributed by atoms with Crippen LogP contribution in [0.5, 0.6) is 0 Å². The number of H-pyrrole nitrogens is 1. The van der Waals surface area contributed by atoms with Crippen LogP contribution in [0.3, 0.4) is 0 Å². The Hall–Kier alpha value is -3.60. The largest absolute Gasteiger partial charge is 0.496 e. The number of hydrogen-bond acceptors (Lipinski definition) is 4. The van der Waals surface area contributed by atoms with E-state index in [4.69, 9.17) is 11.1 Å². The van der Waals surface area contributed by atoms with Gasteiger partial charge in [-0.15, -0.1) is 6.58 Å². The van der Waals surface area contributed by atoms with Crippen molar-refractivity contribution in [3.8, 4) is 0 Å². The van der Waals surface area contributed by atoms with Crippen LogP contribution in [0, 0.1) is 0 Å². The number of aliphatic imine (C=N–C) groups is 2. The topological polar surface area (TPSA) is 61.8 Å². The molecular formula is C24H22N4O. The van der Waals surface area contributed by atoms with Gasteiger partial charge >= 0.3 is 0 Å². The second kappa shape index (κ2) is 6.78. The number of aromatic amines is 1. The molecule has 29 heavy (non-hydrogen) atoms. The summed E-state index contributed by atoms with van der Waals surface area (Å²) in [5.41, 5.74) is 3.20. The third kappa shape index (κ3) is 3.36. The first-order valence-corrected chi connectivity index (χ1v) is 9.66. The zero-order valence-corrected chi connectivity index (χ0v) is 16.1. The summed E-state index contributed by atoms with van der Waals surface area (Å²) in [6.07, 6.45) is 16.8. The third-order valence-electron chi connectivity index (χ3n) is 5.01. The molecule has 8 bridgehead atoms. The molecule has 0 radical (unpaired) electrons. The van der Waals surface area contributed by atoms with Gasteiger partial charge in [-0.05, 0) is 67.7 Å². The lowest BCUT2D eigenvalue weighted by molar-refractivity contribution is 0.218. The first-order chi connectivity index (χ1) is 14.6. The summed E-state index contributed by atoms with van der Waals surface area (Å²) in [4.78, 5) is 12.8. The Morgan fingerprint density at radius 1 is 1.10 bits per heavy atom. The normalized spacial score (nSPS) is 33.1. The summed E-state index contributed by atoms with van der Waals surface area (Å²) >= 11 is 0.